The van der Waals surface area contributed by atoms with Gasteiger partial charge in [-0.1, -0.05) is 31.6 Å². The van der Waals surface area contributed by atoms with Crippen molar-refractivity contribution in [2.75, 3.05) is 0 Å². The van der Waals surface area contributed by atoms with Crippen LogP contribution in [0.3, 0.4) is 0 Å². The maximum absolute atomic E-state index is 12.8. The fourth-order valence-electron chi connectivity index (χ4n) is 2.19. The Morgan fingerprint density at radius 1 is 1.27 bits per heavy atom. The van der Waals surface area contributed by atoms with E-state index in [0.29, 0.717) is 0 Å². The predicted octanol–water partition coefficient (Wildman–Crippen LogP) is 4.42. The number of halogens is 1. The number of rotatable bonds is 2. The molecule has 1 unspecified atom stereocenters. The quantitative estimate of drug-likeness (QED) is 0.669. The van der Waals surface area contributed by atoms with Crippen LogP contribution >= 0.6 is 0 Å². The molecule has 1 aliphatic carbocycles. The molecule has 0 saturated carbocycles. The van der Waals surface area contributed by atoms with Gasteiger partial charge in [0.05, 0.1) is 0 Å². The van der Waals surface area contributed by atoms with Crippen LogP contribution in [0.5, 0.6) is 0 Å². The molecular weight excluding hydrogens is 187 g/mol. The third kappa shape index (κ3) is 2.47. The highest BCUT2D eigenvalue weighted by atomic mass is 19.1. The van der Waals surface area contributed by atoms with E-state index in [-0.39, 0.29) is 5.82 Å². The molecule has 0 heterocycles. The van der Waals surface area contributed by atoms with E-state index in [4.69, 9.17) is 0 Å². The smallest absolute Gasteiger partial charge is 0.123 e. The monoisotopic (exact) mass is 204 g/mol. The van der Waals surface area contributed by atoms with Crippen LogP contribution in [0.15, 0.2) is 30.3 Å². The van der Waals surface area contributed by atoms with E-state index < -0.39 is 0 Å². The lowest BCUT2D eigenvalue weighted by Gasteiger charge is -2.20. The van der Waals surface area contributed by atoms with Crippen molar-refractivity contribution in [2.45, 2.75) is 32.6 Å². The average Bonchev–Trinajstić information content (AvgIpc) is 2.30. The molecule has 0 bridgehead atoms. The summed E-state index contributed by atoms with van der Waals surface area (Å²) < 4.78 is 12.8. The summed E-state index contributed by atoms with van der Waals surface area (Å²) in [5.41, 5.74) is 2.57. The highest BCUT2D eigenvalue weighted by Crippen LogP contribution is 2.31. The van der Waals surface area contributed by atoms with Crippen molar-refractivity contribution in [1.82, 2.24) is 0 Å². The molecule has 0 saturated heterocycles. The zero-order chi connectivity index (χ0) is 10.7. The van der Waals surface area contributed by atoms with Crippen molar-refractivity contribution in [3.05, 3.63) is 41.7 Å². The second-order valence-corrected chi connectivity index (χ2v) is 4.28. The molecule has 1 heteroatoms. The van der Waals surface area contributed by atoms with Crippen LogP contribution in [0.25, 0.3) is 5.57 Å². The Balaban J connectivity index is 2.12. The fraction of sp³-hybridized carbons (Fsp3) is 0.429. The van der Waals surface area contributed by atoms with Gasteiger partial charge in [-0.25, -0.2) is 4.39 Å². The van der Waals surface area contributed by atoms with Gasteiger partial charge in [0.25, 0.3) is 0 Å². The van der Waals surface area contributed by atoms with E-state index in [1.54, 1.807) is 12.1 Å². The molecule has 0 amide bonds. The first kappa shape index (κ1) is 10.4. The molecule has 1 aromatic rings. The van der Waals surface area contributed by atoms with E-state index in [2.05, 4.69) is 13.0 Å². The highest BCUT2D eigenvalue weighted by molar-refractivity contribution is 5.66. The van der Waals surface area contributed by atoms with Crippen LogP contribution in [0.4, 0.5) is 4.39 Å². The Morgan fingerprint density at radius 3 is 2.53 bits per heavy atom. The van der Waals surface area contributed by atoms with Crippen LogP contribution in [0.1, 0.15) is 38.2 Å². The lowest BCUT2D eigenvalue weighted by atomic mass is 9.85. The minimum atomic E-state index is -0.151. The van der Waals surface area contributed by atoms with Gasteiger partial charge in [-0.05, 0) is 48.4 Å². The first-order chi connectivity index (χ1) is 7.29. The third-order valence-electron chi connectivity index (χ3n) is 3.31. The Labute approximate surface area is 90.8 Å². The fourth-order valence-corrected chi connectivity index (χ4v) is 2.19. The summed E-state index contributed by atoms with van der Waals surface area (Å²) in [5, 5.41) is 0. The van der Waals surface area contributed by atoms with Crippen molar-refractivity contribution in [3.8, 4) is 0 Å². The Kier molecular flexibility index (Phi) is 3.20. The molecule has 15 heavy (non-hydrogen) atoms. The minimum absolute atomic E-state index is 0.151. The van der Waals surface area contributed by atoms with Crippen molar-refractivity contribution < 1.29 is 4.39 Å². The van der Waals surface area contributed by atoms with Gasteiger partial charge in [-0.15, -0.1) is 0 Å². The lowest BCUT2D eigenvalue weighted by molar-refractivity contribution is 0.470. The molecule has 0 N–H and O–H groups in total. The number of benzene rings is 1. The largest absolute Gasteiger partial charge is 0.207 e. The normalized spacial score (nSPS) is 21.2. The van der Waals surface area contributed by atoms with Crippen molar-refractivity contribution in [3.63, 3.8) is 0 Å². The van der Waals surface area contributed by atoms with Gasteiger partial charge in [0.2, 0.25) is 0 Å². The first-order valence-corrected chi connectivity index (χ1v) is 5.74. The SMILES string of the molecule is CCC1CC=C(c2ccc(F)cc2)CC1. The summed E-state index contributed by atoms with van der Waals surface area (Å²) in [7, 11) is 0. The molecule has 0 aromatic heterocycles. The van der Waals surface area contributed by atoms with E-state index in [9.17, 15) is 4.39 Å². The van der Waals surface area contributed by atoms with Crippen molar-refractivity contribution in [2.24, 2.45) is 5.92 Å². The van der Waals surface area contributed by atoms with Crippen LogP contribution in [-0.2, 0) is 0 Å². The van der Waals surface area contributed by atoms with Gasteiger partial charge in [0, 0.05) is 0 Å². The Morgan fingerprint density at radius 2 is 2.00 bits per heavy atom. The van der Waals surface area contributed by atoms with Crippen LogP contribution in [0, 0.1) is 11.7 Å². The van der Waals surface area contributed by atoms with E-state index in [1.807, 2.05) is 12.1 Å². The molecule has 0 aliphatic heterocycles. The van der Waals surface area contributed by atoms with Crippen molar-refractivity contribution in [1.29, 1.82) is 0 Å². The molecular formula is C14H17F. The van der Waals surface area contributed by atoms with Gasteiger partial charge in [0.15, 0.2) is 0 Å². The summed E-state index contributed by atoms with van der Waals surface area (Å²) in [4.78, 5) is 0. The second kappa shape index (κ2) is 4.61. The molecule has 2 rings (SSSR count). The molecule has 0 fully saturated rings. The molecule has 0 radical (unpaired) electrons. The van der Waals surface area contributed by atoms with Crippen LogP contribution in [0.2, 0.25) is 0 Å². The number of hydrogen-bond donors (Lipinski definition) is 0. The number of hydrogen-bond acceptors (Lipinski definition) is 0. The number of allylic oxidation sites excluding steroid dienone is 2. The standard InChI is InChI=1S/C14H17F/c1-2-11-3-5-12(6-4-11)13-7-9-14(15)10-8-13/h5,7-11H,2-4,6H2,1H3. The van der Waals surface area contributed by atoms with Gasteiger partial charge in [-0.2, -0.15) is 0 Å². The van der Waals surface area contributed by atoms with Crippen LogP contribution < -0.4 is 0 Å². The molecule has 1 atom stereocenters. The molecule has 1 aromatic carbocycles. The van der Waals surface area contributed by atoms with Crippen molar-refractivity contribution >= 4 is 5.57 Å². The highest BCUT2D eigenvalue weighted by Gasteiger charge is 2.13. The summed E-state index contributed by atoms with van der Waals surface area (Å²) in [6, 6.07) is 6.85. The average molecular weight is 204 g/mol. The van der Waals surface area contributed by atoms with E-state index in [0.717, 1.165) is 12.3 Å². The molecule has 1 aliphatic rings. The lowest BCUT2D eigenvalue weighted by Crippen LogP contribution is -2.03. The topological polar surface area (TPSA) is 0 Å². The van der Waals surface area contributed by atoms with Crippen LogP contribution in [-0.4, -0.2) is 0 Å². The molecule has 80 valence electrons. The molecule has 0 spiro atoms. The van der Waals surface area contributed by atoms with E-state index in [1.165, 1.54) is 30.4 Å². The van der Waals surface area contributed by atoms with Gasteiger partial charge < -0.3 is 0 Å². The maximum Gasteiger partial charge on any atom is 0.123 e. The first-order valence-electron chi connectivity index (χ1n) is 5.74. The minimum Gasteiger partial charge on any atom is -0.207 e. The zero-order valence-corrected chi connectivity index (χ0v) is 9.17. The third-order valence-corrected chi connectivity index (χ3v) is 3.31. The summed E-state index contributed by atoms with van der Waals surface area (Å²) in [6.45, 7) is 2.25. The molecule has 0 nitrogen and oxygen atoms in total. The second-order valence-electron chi connectivity index (χ2n) is 4.28. The van der Waals surface area contributed by atoms with Gasteiger partial charge in [-0.3, -0.25) is 0 Å². The Bertz CT molecular complexity index is 348. The maximum atomic E-state index is 12.8. The van der Waals surface area contributed by atoms with Gasteiger partial charge in [0.1, 0.15) is 5.82 Å². The van der Waals surface area contributed by atoms with Gasteiger partial charge >= 0.3 is 0 Å². The summed E-state index contributed by atoms with van der Waals surface area (Å²) >= 11 is 0. The summed E-state index contributed by atoms with van der Waals surface area (Å²) in [5.74, 6) is 0.704. The predicted molar refractivity (Wildman–Crippen MR) is 62.0 cm³/mol. The zero-order valence-electron chi connectivity index (χ0n) is 9.17. The Hall–Kier alpha value is -1.11. The summed E-state index contributed by atoms with van der Waals surface area (Å²) in [6.07, 6.45) is 7.20. The van der Waals surface area contributed by atoms with E-state index >= 15 is 0 Å².